The van der Waals surface area contributed by atoms with Crippen LogP contribution in [-0.2, 0) is 28.5 Å². The minimum Gasteiger partial charge on any atom is -0.459 e. The summed E-state index contributed by atoms with van der Waals surface area (Å²) < 4.78 is 23.0. The van der Waals surface area contributed by atoms with Gasteiger partial charge in [0.25, 0.3) is 0 Å². The Morgan fingerprint density at radius 3 is 2.54 bits per heavy atom. The van der Waals surface area contributed by atoms with E-state index in [4.69, 9.17) is 18.9 Å². The lowest BCUT2D eigenvalue weighted by atomic mass is 9.46. The maximum absolute atomic E-state index is 12.8. The summed E-state index contributed by atoms with van der Waals surface area (Å²) in [4.78, 5) is 25.0. The molecular formula is C18H20O8. The van der Waals surface area contributed by atoms with E-state index in [1.165, 1.54) is 6.08 Å². The Morgan fingerprint density at radius 2 is 1.85 bits per heavy atom. The highest BCUT2D eigenvalue weighted by molar-refractivity contribution is 5.88. The van der Waals surface area contributed by atoms with Crippen LogP contribution in [0.1, 0.15) is 20.8 Å². The minimum atomic E-state index is -1.13. The van der Waals surface area contributed by atoms with Crippen LogP contribution in [0.3, 0.4) is 0 Å². The van der Waals surface area contributed by atoms with Crippen molar-refractivity contribution in [3.63, 3.8) is 0 Å². The SMILES string of the molecule is C[C@H](O)[C@H]1OC(=O)C=C2[C@]3(C)[C@@H]4[C@H](OC(=O)[C@@]4(C)[C@@H](O)[C@@H]4O[C@@H]43)[C@H]3O[C@@]231. The van der Waals surface area contributed by atoms with E-state index in [1.54, 1.807) is 13.8 Å². The number of cyclic esters (lactones) is 1. The Kier molecular flexibility index (Phi) is 2.40. The van der Waals surface area contributed by atoms with Crippen molar-refractivity contribution in [2.45, 2.75) is 69.1 Å². The molecule has 8 nitrogen and oxygen atoms in total. The molecule has 2 N–H and O–H groups in total. The Morgan fingerprint density at radius 1 is 1.12 bits per heavy atom. The molecule has 11 atom stereocenters. The number of epoxide rings is 2. The van der Waals surface area contributed by atoms with Crippen LogP contribution in [0.15, 0.2) is 11.6 Å². The molecule has 3 saturated heterocycles. The zero-order valence-corrected chi connectivity index (χ0v) is 14.5. The predicted molar refractivity (Wildman–Crippen MR) is 81.5 cm³/mol. The molecule has 2 saturated carbocycles. The molecule has 6 rings (SSSR count). The Balaban J connectivity index is 1.60. The molecule has 8 heteroatoms. The lowest BCUT2D eigenvalue weighted by Crippen LogP contribution is -2.66. The third-order valence-electron chi connectivity index (χ3n) is 7.70. The van der Waals surface area contributed by atoms with Gasteiger partial charge in [-0.05, 0) is 19.4 Å². The number of carbonyl (C=O) groups is 2. The zero-order valence-electron chi connectivity index (χ0n) is 14.5. The average molecular weight is 364 g/mol. The number of hydrogen-bond donors (Lipinski definition) is 2. The largest absolute Gasteiger partial charge is 0.459 e. The third kappa shape index (κ3) is 1.30. The number of fused-ring (bicyclic) bond motifs is 4. The predicted octanol–water partition coefficient (Wildman–Crippen LogP) is -0.934. The molecule has 4 aliphatic heterocycles. The van der Waals surface area contributed by atoms with Gasteiger partial charge in [-0.2, -0.15) is 0 Å². The van der Waals surface area contributed by atoms with Crippen molar-refractivity contribution in [3.05, 3.63) is 11.6 Å². The summed E-state index contributed by atoms with van der Waals surface area (Å²) in [7, 11) is 0. The molecule has 0 amide bonds. The van der Waals surface area contributed by atoms with E-state index in [2.05, 4.69) is 0 Å². The topological polar surface area (TPSA) is 118 Å². The molecule has 0 radical (unpaired) electrons. The number of esters is 2. The number of aliphatic hydroxyl groups is 2. The lowest BCUT2D eigenvalue weighted by Gasteiger charge is -2.53. The fraction of sp³-hybridized carbons (Fsp3) is 0.778. The number of hydrogen-bond acceptors (Lipinski definition) is 8. The van der Waals surface area contributed by atoms with Gasteiger partial charge in [-0.25, -0.2) is 4.79 Å². The van der Waals surface area contributed by atoms with E-state index < -0.39 is 65.0 Å². The smallest absolute Gasteiger partial charge is 0.331 e. The van der Waals surface area contributed by atoms with Crippen molar-refractivity contribution < 1.29 is 38.7 Å². The maximum atomic E-state index is 12.8. The summed E-state index contributed by atoms with van der Waals surface area (Å²) in [6, 6.07) is 0. The first-order valence-corrected chi connectivity index (χ1v) is 9.02. The van der Waals surface area contributed by atoms with Crippen molar-refractivity contribution in [1.82, 2.24) is 0 Å². The molecule has 0 aromatic heterocycles. The normalized spacial score (nSPS) is 61.9. The summed E-state index contributed by atoms with van der Waals surface area (Å²) in [5.74, 6) is -1.39. The summed E-state index contributed by atoms with van der Waals surface area (Å²) in [5.41, 5.74) is -2.16. The standard InChI is InChI=1S/C18H20O8/c1-5(19)12-18-6(4-7(20)23-12)16(2)10-8(14(18)26-18)25-15(22)17(10,3)11(21)9-13(16)24-9/h4-5,8-14,19,21H,1-3H3/t5-,8-,9-,10-,11-,12+,13-,14+,16+,17+,18+/m0/s1. The van der Waals surface area contributed by atoms with Crippen molar-refractivity contribution in [2.24, 2.45) is 16.7 Å². The summed E-state index contributed by atoms with van der Waals surface area (Å²) in [6.45, 7) is 5.21. The van der Waals surface area contributed by atoms with Gasteiger partial charge in [0.05, 0.1) is 18.3 Å². The average Bonchev–Trinajstić information content (AvgIpc) is 3.46. The number of aliphatic hydroxyl groups excluding tert-OH is 2. The second-order valence-corrected chi connectivity index (χ2v) is 8.87. The zero-order chi connectivity index (χ0) is 18.4. The molecule has 0 bridgehead atoms. The van der Waals surface area contributed by atoms with Crippen LogP contribution in [0.5, 0.6) is 0 Å². The van der Waals surface area contributed by atoms with Gasteiger partial charge in [-0.1, -0.05) is 6.92 Å². The molecule has 5 fully saturated rings. The van der Waals surface area contributed by atoms with Crippen molar-refractivity contribution in [1.29, 1.82) is 0 Å². The van der Waals surface area contributed by atoms with Crippen LogP contribution in [0, 0.1) is 16.7 Å². The highest BCUT2D eigenvalue weighted by atomic mass is 16.7. The molecule has 2 aliphatic carbocycles. The quantitative estimate of drug-likeness (QED) is 0.452. The molecule has 0 aromatic carbocycles. The van der Waals surface area contributed by atoms with Crippen LogP contribution in [0.4, 0.5) is 0 Å². The van der Waals surface area contributed by atoms with Gasteiger partial charge >= 0.3 is 11.9 Å². The number of rotatable bonds is 1. The van der Waals surface area contributed by atoms with Crippen molar-refractivity contribution in [2.75, 3.05) is 0 Å². The fourth-order valence-electron chi connectivity index (χ4n) is 6.57. The van der Waals surface area contributed by atoms with Gasteiger partial charge in [0.15, 0.2) is 11.7 Å². The van der Waals surface area contributed by atoms with Crippen molar-refractivity contribution in [3.8, 4) is 0 Å². The van der Waals surface area contributed by atoms with E-state index in [-0.39, 0.29) is 12.0 Å². The van der Waals surface area contributed by atoms with Gasteiger partial charge in [-0.15, -0.1) is 0 Å². The fourth-order valence-corrected chi connectivity index (χ4v) is 6.57. The summed E-state index contributed by atoms with van der Waals surface area (Å²) in [5, 5.41) is 21.0. The van der Waals surface area contributed by atoms with Crippen LogP contribution >= 0.6 is 0 Å². The Labute approximate surface area is 149 Å². The van der Waals surface area contributed by atoms with E-state index in [1.807, 2.05) is 6.92 Å². The molecule has 0 unspecified atom stereocenters. The Hall–Kier alpha value is -1.48. The minimum absolute atomic E-state index is 0.332. The van der Waals surface area contributed by atoms with Gasteiger partial charge in [0.2, 0.25) is 0 Å². The molecule has 1 spiro atoms. The monoisotopic (exact) mass is 364 g/mol. The van der Waals surface area contributed by atoms with E-state index >= 15 is 0 Å². The van der Waals surface area contributed by atoms with Gasteiger partial charge in [0.1, 0.15) is 23.7 Å². The third-order valence-corrected chi connectivity index (χ3v) is 7.70. The molecule has 6 aliphatic rings. The first kappa shape index (κ1) is 15.6. The molecule has 140 valence electrons. The van der Waals surface area contributed by atoms with Crippen LogP contribution in [0.25, 0.3) is 0 Å². The van der Waals surface area contributed by atoms with Gasteiger partial charge in [0, 0.05) is 17.4 Å². The van der Waals surface area contributed by atoms with Gasteiger partial charge in [-0.3, -0.25) is 4.79 Å². The number of ether oxygens (including phenoxy) is 4. The Bertz CT molecular complexity index is 805. The highest BCUT2D eigenvalue weighted by Gasteiger charge is 2.89. The molecular weight excluding hydrogens is 344 g/mol. The van der Waals surface area contributed by atoms with Crippen LogP contribution in [-0.4, -0.2) is 70.5 Å². The first-order valence-electron chi connectivity index (χ1n) is 9.02. The first-order chi connectivity index (χ1) is 12.2. The van der Waals surface area contributed by atoms with E-state index in [0.717, 1.165) is 0 Å². The maximum Gasteiger partial charge on any atom is 0.331 e. The second-order valence-electron chi connectivity index (χ2n) is 8.87. The summed E-state index contributed by atoms with van der Waals surface area (Å²) in [6.07, 6.45) is -3.24. The van der Waals surface area contributed by atoms with Crippen LogP contribution < -0.4 is 0 Å². The molecule has 4 heterocycles. The second kappa shape index (κ2) is 4.01. The van der Waals surface area contributed by atoms with E-state index in [9.17, 15) is 19.8 Å². The lowest BCUT2D eigenvalue weighted by molar-refractivity contribution is -0.158. The summed E-state index contributed by atoms with van der Waals surface area (Å²) >= 11 is 0. The molecule has 0 aromatic rings. The van der Waals surface area contributed by atoms with Crippen molar-refractivity contribution >= 4 is 11.9 Å². The van der Waals surface area contributed by atoms with Gasteiger partial charge < -0.3 is 29.2 Å². The molecule has 26 heavy (non-hydrogen) atoms. The number of carbonyl (C=O) groups excluding carboxylic acids is 2. The highest BCUT2D eigenvalue weighted by Crippen LogP contribution is 2.75. The van der Waals surface area contributed by atoms with E-state index in [0.29, 0.717) is 5.57 Å². The van der Waals surface area contributed by atoms with Crippen LogP contribution in [0.2, 0.25) is 0 Å².